The van der Waals surface area contributed by atoms with Crippen molar-refractivity contribution in [2.75, 3.05) is 0 Å². The molecule has 118 valence electrons. The van der Waals surface area contributed by atoms with Gasteiger partial charge in [-0.3, -0.25) is 4.79 Å². The van der Waals surface area contributed by atoms with Crippen molar-refractivity contribution in [1.29, 1.82) is 0 Å². The smallest absolute Gasteiger partial charge is 0.246 e. The molecule has 1 amide bonds. The fraction of sp³-hybridized carbons (Fsp3) is 0.188. The quantitative estimate of drug-likeness (QED) is 0.706. The van der Waals surface area contributed by atoms with E-state index in [1.807, 2.05) is 47.3 Å². The summed E-state index contributed by atoms with van der Waals surface area (Å²) in [5.74, 6) is 0.701. The van der Waals surface area contributed by atoms with Gasteiger partial charge in [-0.2, -0.15) is 4.98 Å². The Morgan fingerprint density at radius 2 is 2.35 bits per heavy atom. The lowest BCUT2D eigenvalue weighted by Crippen LogP contribution is -2.20. The summed E-state index contributed by atoms with van der Waals surface area (Å²) in [4.78, 5) is 17.1. The molecule has 0 aliphatic heterocycles. The van der Waals surface area contributed by atoms with Crippen LogP contribution in [0.4, 0.5) is 0 Å². The van der Waals surface area contributed by atoms with E-state index in [0.29, 0.717) is 11.7 Å². The van der Waals surface area contributed by atoms with Crippen molar-refractivity contribution in [3.8, 4) is 11.5 Å². The highest BCUT2D eigenvalue weighted by atomic mass is 32.1. The number of rotatable bonds is 6. The van der Waals surface area contributed by atoms with Gasteiger partial charge in [0.05, 0.1) is 12.2 Å². The Morgan fingerprint density at radius 1 is 1.43 bits per heavy atom. The molecular formula is C16H16N4O2S. The summed E-state index contributed by atoms with van der Waals surface area (Å²) in [6, 6.07) is 7.75. The van der Waals surface area contributed by atoms with E-state index in [2.05, 4.69) is 15.5 Å². The van der Waals surface area contributed by atoms with Gasteiger partial charge in [0.1, 0.15) is 0 Å². The topological polar surface area (TPSA) is 73.0 Å². The van der Waals surface area contributed by atoms with Crippen LogP contribution in [0, 0.1) is 0 Å². The van der Waals surface area contributed by atoms with Crippen molar-refractivity contribution in [1.82, 2.24) is 20.0 Å². The van der Waals surface area contributed by atoms with Crippen LogP contribution in [-0.2, 0) is 17.9 Å². The van der Waals surface area contributed by atoms with Crippen LogP contribution in [-0.4, -0.2) is 20.6 Å². The minimum atomic E-state index is -0.199. The number of thiophene rings is 1. The number of hydrogen-bond acceptors (Lipinski definition) is 5. The molecule has 0 radical (unpaired) electrons. The normalized spacial score (nSPS) is 11.2. The Balaban J connectivity index is 1.58. The summed E-state index contributed by atoms with van der Waals surface area (Å²) in [5, 5.41) is 8.64. The van der Waals surface area contributed by atoms with Crippen molar-refractivity contribution in [3.63, 3.8) is 0 Å². The van der Waals surface area contributed by atoms with Crippen molar-refractivity contribution < 1.29 is 9.32 Å². The maximum atomic E-state index is 11.8. The van der Waals surface area contributed by atoms with Gasteiger partial charge >= 0.3 is 0 Å². The maximum absolute atomic E-state index is 11.8. The van der Waals surface area contributed by atoms with E-state index in [9.17, 15) is 4.79 Å². The number of carbonyl (C=O) groups excluding carboxylic acids is 1. The Kier molecular flexibility index (Phi) is 4.68. The van der Waals surface area contributed by atoms with Crippen molar-refractivity contribution >= 4 is 23.3 Å². The average Bonchev–Trinajstić information content (AvgIpc) is 3.31. The standard InChI is InChI=1S/C16H16N4O2S/c1-2-20-9-3-6-13(20)16-18-15(22-19-16)11-17-14(21)8-7-12-5-4-10-23-12/h3-10H,2,11H2,1H3,(H,17,21)/b8-7+. The summed E-state index contributed by atoms with van der Waals surface area (Å²) < 4.78 is 7.20. The second-order valence-corrected chi connectivity index (χ2v) is 5.74. The molecule has 0 atom stereocenters. The maximum Gasteiger partial charge on any atom is 0.246 e. The zero-order chi connectivity index (χ0) is 16.1. The number of aryl methyl sites for hydroxylation is 1. The van der Waals surface area contributed by atoms with Crippen LogP contribution in [0.15, 0.2) is 46.4 Å². The van der Waals surface area contributed by atoms with Crippen LogP contribution in [0.25, 0.3) is 17.6 Å². The minimum absolute atomic E-state index is 0.199. The molecule has 0 saturated carbocycles. The summed E-state index contributed by atoms with van der Waals surface area (Å²) in [7, 11) is 0. The van der Waals surface area contributed by atoms with E-state index in [4.69, 9.17) is 4.52 Å². The molecule has 6 nitrogen and oxygen atoms in total. The highest BCUT2D eigenvalue weighted by Crippen LogP contribution is 2.16. The molecule has 23 heavy (non-hydrogen) atoms. The number of amides is 1. The number of aromatic nitrogens is 3. The second kappa shape index (κ2) is 7.06. The highest BCUT2D eigenvalue weighted by molar-refractivity contribution is 7.10. The van der Waals surface area contributed by atoms with Crippen LogP contribution in [0.5, 0.6) is 0 Å². The van der Waals surface area contributed by atoms with Gasteiger partial charge in [-0.25, -0.2) is 0 Å². The molecule has 3 aromatic rings. The fourth-order valence-electron chi connectivity index (χ4n) is 2.09. The van der Waals surface area contributed by atoms with Gasteiger partial charge in [-0.1, -0.05) is 11.2 Å². The third kappa shape index (κ3) is 3.75. The first kappa shape index (κ1) is 15.2. The first-order chi connectivity index (χ1) is 11.3. The van der Waals surface area contributed by atoms with Gasteiger partial charge in [0, 0.05) is 23.7 Å². The predicted octanol–water partition coefficient (Wildman–Crippen LogP) is 2.95. The predicted molar refractivity (Wildman–Crippen MR) is 88.6 cm³/mol. The number of carbonyl (C=O) groups is 1. The van der Waals surface area contributed by atoms with Crippen molar-refractivity contribution in [3.05, 3.63) is 52.7 Å². The molecule has 1 N–H and O–H groups in total. The first-order valence-electron chi connectivity index (χ1n) is 7.24. The third-order valence-electron chi connectivity index (χ3n) is 3.22. The van der Waals surface area contributed by atoms with E-state index >= 15 is 0 Å². The highest BCUT2D eigenvalue weighted by Gasteiger charge is 2.11. The lowest BCUT2D eigenvalue weighted by molar-refractivity contribution is -0.116. The molecule has 3 heterocycles. The minimum Gasteiger partial charge on any atom is -0.345 e. The molecule has 0 unspecified atom stereocenters. The molecule has 0 spiro atoms. The molecule has 7 heteroatoms. The van der Waals surface area contributed by atoms with Gasteiger partial charge < -0.3 is 14.4 Å². The fourth-order valence-corrected chi connectivity index (χ4v) is 2.71. The molecule has 0 aromatic carbocycles. The zero-order valence-corrected chi connectivity index (χ0v) is 13.4. The molecule has 0 fully saturated rings. The Morgan fingerprint density at radius 3 is 3.13 bits per heavy atom. The van der Waals surface area contributed by atoms with E-state index in [1.165, 1.54) is 6.08 Å². The van der Waals surface area contributed by atoms with Crippen LogP contribution in [0.2, 0.25) is 0 Å². The molecule has 0 aliphatic carbocycles. The zero-order valence-electron chi connectivity index (χ0n) is 12.6. The second-order valence-electron chi connectivity index (χ2n) is 4.76. The lowest BCUT2D eigenvalue weighted by Gasteiger charge is -2.00. The van der Waals surface area contributed by atoms with Crippen LogP contribution < -0.4 is 5.32 Å². The Labute approximate surface area is 137 Å². The van der Waals surface area contributed by atoms with E-state index in [1.54, 1.807) is 17.4 Å². The molecule has 3 rings (SSSR count). The number of nitrogens with zero attached hydrogens (tertiary/aromatic N) is 3. The first-order valence-corrected chi connectivity index (χ1v) is 8.11. The molecular weight excluding hydrogens is 312 g/mol. The van der Waals surface area contributed by atoms with Gasteiger partial charge in [0.2, 0.25) is 17.6 Å². The van der Waals surface area contributed by atoms with Gasteiger partial charge in [-0.15, -0.1) is 11.3 Å². The number of hydrogen-bond donors (Lipinski definition) is 1. The Hall–Kier alpha value is -2.67. The van der Waals surface area contributed by atoms with Crippen molar-refractivity contribution in [2.24, 2.45) is 0 Å². The van der Waals surface area contributed by atoms with E-state index in [0.717, 1.165) is 17.1 Å². The Bertz CT molecular complexity index is 802. The number of nitrogens with one attached hydrogen (secondary N) is 1. The van der Waals surface area contributed by atoms with Gasteiger partial charge in [0.15, 0.2) is 0 Å². The molecule has 0 bridgehead atoms. The van der Waals surface area contributed by atoms with Crippen LogP contribution >= 0.6 is 11.3 Å². The lowest BCUT2D eigenvalue weighted by atomic mass is 10.4. The average molecular weight is 328 g/mol. The van der Waals surface area contributed by atoms with Crippen LogP contribution in [0.3, 0.4) is 0 Å². The monoisotopic (exact) mass is 328 g/mol. The van der Waals surface area contributed by atoms with Crippen molar-refractivity contribution in [2.45, 2.75) is 20.0 Å². The SMILES string of the molecule is CCn1cccc1-c1noc(CNC(=O)/C=C/c2cccs2)n1. The summed E-state index contributed by atoms with van der Waals surface area (Å²) >= 11 is 1.57. The van der Waals surface area contributed by atoms with Gasteiger partial charge in [-0.05, 0) is 36.6 Å². The summed E-state index contributed by atoms with van der Waals surface area (Å²) in [6.45, 7) is 3.08. The summed E-state index contributed by atoms with van der Waals surface area (Å²) in [5.41, 5.74) is 0.895. The van der Waals surface area contributed by atoms with E-state index in [-0.39, 0.29) is 12.5 Å². The summed E-state index contributed by atoms with van der Waals surface area (Å²) in [6.07, 6.45) is 5.22. The molecule has 0 aliphatic rings. The largest absolute Gasteiger partial charge is 0.345 e. The molecule has 3 aromatic heterocycles. The van der Waals surface area contributed by atoms with Gasteiger partial charge in [0.25, 0.3) is 0 Å². The molecule has 0 saturated heterocycles. The van der Waals surface area contributed by atoms with Crippen LogP contribution in [0.1, 0.15) is 17.7 Å². The van der Waals surface area contributed by atoms with E-state index < -0.39 is 0 Å². The third-order valence-corrected chi connectivity index (χ3v) is 4.06.